The van der Waals surface area contributed by atoms with Crippen LogP contribution in [0, 0.1) is 0 Å². The molecule has 1 heterocycles. The molecule has 1 aliphatic rings. The number of nitrogens with zero attached hydrogens (tertiary/aromatic N) is 2. The van der Waals surface area contributed by atoms with Gasteiger partial charge in [-0.3, -0.25) is 4.79 Å². The van der Waals surface area contributed by atoms with Crippen molar-refractivity contribution < 1.29 is 19.0 Å². The maximum atomic E-state index is 12.8. The van der Waals surface area contributed by atoms with Crippen LogP contribution in [0.25, 0.3) is 0 Å². The first-order valence-electron chi connectivity index (χ1n) is 10.5. The summed E-state index contributed by atoms with van der Waals surface area (Å²) in [5.74, 6) is 1.61. The Kier molecular flexibility index (Phi) is 7.97. The fraction of sp³-hybridized carbons (Fsp3) is 0.458. The predicted molar refractivity (Wildman–Crippen MR) is 118 cm³/mol. The second-order valence-electron chi connectivity index (χ2n) is 7.64. The van der Waals surface area contributed by atoms with Crippen molar-refractivity contribution in [1.29, 1.82) is 0 Å². The van der Waals surface area contributed by atoms with Gasteiger partial charge in [-0.1, -0.05) is 30.3 Å². The summed E-state index contributed by atoms with van der Waals surface area (Å²) in [5, 5.41) is 0. The van der Waals surface area contributed by atoms with Crippen molar-refractivity contribution >= 4 is 5.91 Å². The molecule has 3 rings (SSSR count). The van der Waals surface area contributed by atoms with Crippen LogP contribution in [0.1, 0.15) is 35.2 Å². The van der Waals surface area contributed by atoms with Crippen molar-refractivity contribution in [2.75, 3.05) is 47.6 Å². The zero-order valence-electron chi connectivity index (χ0n) is 18.2. The lowest BCUT2D eigenvalue weighted by atomic mass is 10.1. The van der Waals surface area contributed by atoms with E-state index in [0.717, 1.165) is 25.9 Å². The normalized spacial score (nSPS) is 13.2. The molecule has 2 aromatic carbocycles. The summed E-state index contributed by atoms with van der Waals surface area (Å²) in [4.78, 5) is 16.9. The molecular weight excluding hydrogens is 380 g/mol. The van der Waals surface area contributed by atoms with Gasteiger partial charge in [-0.15, -0.1) is 0 Å². The van der Waals surface area contributed by atoms with E-state index < -0.39 is 0 Å². The lowest BCUT2D eigenvalue weighted by Crippen LogP contribution is -2.40. The molecule has 0 N–H and O–H groups in total. The highest BCUT2D eigenvalue weighted by Gasteiger charge is 2.27. The SMILES string of the molecule is COc1cc2c(cc1OC)C(=O)N(CCCN(C)CCCCc1ccccc1)CO2. The van der Waals surface area contributed by atoms with Gasteiger partial charge in [0, 0.05) is 18.7 Å². The van der Waals surface area contributed by atoms with Gasteiger partial charge in [-0.2, -0.15) is 0 Å². The molecule has 0 unspecified atom stereocenters. The first-order valence-corrected chi connectivity index (χ1v) is 10.5. The number of rotatable bonds is 11. The third-order valence-corrected chi connectivity index (χ3v) is 5.45. The first-order chi connectivity index (χ1) is 14.6. The van der Waals surface area contributed by atoms with Gasteiger partial charge in [-0.05, 0) is 51.4 Å². The molecule has 6 nitrogen and oxygen atoms in total. The summed E-state index contributed by atoms with van der Waals surface area (Å²) in [6.45, 7) is 2.95. The van der Waals surface area contributed by atoms with E-state index >= 15 is 0 Å². The summed E-state index contributed by atoms with van der Waals surface area (Å²) in [5.41, 5.74) is 1.92. The maximum absolute atomic E-state index is 12.8. The third-order valence-electron chi connectivity index (χ3n) is 5.45. The number of hydrogen-bond acceptors (Lipinski definition) is 5. The van der Waals surface area contributed by atoms with Gasteiger partial charge in [0.15, 0.2) is 18.2 Å². The minimum absolute atomic E-state index is 0.0253. The average Bonchev–Trinajstić information content (AvgIpc) is 2.78. The van der Waals surface area contributed by atoms with E-state index in [1.165, 1.54) is 18.4 Å². The molecule has 0 atom stereocenters. The highest BCUT2D eigenvalue weighted by molar-refractivity contribution is 5.98. The van der Waals surface area contributed by atoms with Crippen molar-refractivity contribution in [2.24, 2.45) is 0 Å². The quantitative estimate of drug-likeness (QED) is 0.525. The minimum Gasteiger partial charge on any atom is -0.493 e. The Bertz CT molecular complexity index is 825. The summed E-state index contributed by atoms with van der Waals surface area (Å²) >= 11 is 0. The third kappa shape index (κ3) is 5.66. The zero-order valence-corrected chi connectivity index (χ0v) is 18.2. The van der Waals surface area contributed by atoms with Crippen molar-refractivity contribution in [1.82, 2.24) is 9.80 Å². The second-order valence-corrected chi connectivity index (χ2v) is 7.64. The molecule has 0 saturated carbocycles. The number of carbonyl (C=O) groups is 1. The molecule has 0 bridgehead atoms. The highest BCUT2D eigenvalue weighted by atomic mass is 16.5. The number of fused-ring (bicyclic) bond motifs is 1. The van der Waals surface area contributed by atoms with Crippen molar-refractivity contribution in [3.05, 3.63) is 53.6 Å². The summed E-state index contributed by atoms with van der Waals surface area (Å²) in [6.07, 6.45) is 4.40. The molecule has 0 spiro atoms. The first kappa shape index (κ1) is 22.0. The van der Waals surface area contributed by atoms with Gasteiger partial charge in [0.25, 0.3) is 5.91 Å². The van der Waals surface area contributed by atoms with E-state index in [1.54, 1.807) is 31.3 Å². The van der Waals surface area contributed by atoms with Gasteiger partial charge >= 0.3 is 0 Å². The largest absolute Gasteiger partial charge is 0.493 e. The summed E-state index contributed by atoms with van der Waals surface area (Å²) < 4.78 is 16.4. The Morgan fingerprint density at radius 1 is 1.00 bits per heavy atom. The van der Waals surface area contributed by atoms with Crippen LogP contribution >= 0.6 is 0 Å². The van der Waals surface area contributed by atoms with Crippen molar-refractivity contribution in [3.63, 3.8) is 0 Å². The Hall–Kier alpha value is -2.73. The van der Waals surface area contributed by atoms with Crippen LogP contribution in [0.3, 0.4) is 0 Å². The van der Waals surface area contributed by atoms with Crippen LogP contribution in [0.2, 0.25) is 0 Å². The average molecular weight is 413 g/mol. The number of methoxy groups -OCH3 is 2. The van der Waals surface area contributed by atoms with Crippen LogP contribution in [-0.2, 0) is 6.42 Å². The molecule has 0 aliphatic carbocycles. The van der Waals surface area contributed by atoms with E-state index in [9.17, 15) is 4.79 Å². The fourth-order valence-corrected chi connectivity index (χ4v) is 3.69. The van der Waals surface area contributed by atoms with E-state index in [2.05, 4.69) is 42.3 Å². The minimum atomic E-state index is -0.0253. The number of amides is 1. The summed E-state index contributed by atoms with van der Waals surface area (Å²) in [7, 11) is 5.27. The molecule has 0 aromatic heterocycles. The Morgan fingerprint density at radius 3 is 2.43 bits per heavy atom. The van der Waals surface area contributed by atoms with Gasteiger partial charge in [0.05, 0.1) is 19.8 Å². The molecule has 0 radical (unpaired) electrons. The molecule has 6 heteroatoms. The molecular formula is C24H32N2O4. The number of aryl methyl sites for hydroxylation is 1. The monoisotopic (exact) mass is 412 g/mol. The van der Waals surface area contributed by atoms with E-state index in [1.807, 2.05) is 0 Å². The van der Waals surface area contributed by atoms with Crippen LogP contribution < -0.4 is 14.2 Å². The van der Waals surface area contributed by atoms with Gasteiger partial charge in [0.2, 0.25) is 0 Å². The molecule has 162 valence electrons. The van der Waals surface area contributed by atoms with Crippen molar-refractivity contribution in [2.45, 2.75) is 25.7 Å². The lowest BCUT2D eigenvalue weighted by molar-refractivity contribution is 0.0510. The molecule has 2 aromatic rings. The Labute approximate surface area is 179 Å². The zero-order chi connectivity index (χ0) is 21.3. The van der Waals surface area contributed by atoms with Crippen LogP contribution in [0.5, 0.6) is 17.2 Å². The topological polar surface area (TPSA) is 51.2 Å². The van der Waals surface area contributed by atoms with Crippen LogP contribution in [-0.4, -0.2) is 63.3 Å². The molecule has 1 aliphatic heterocycles. The highest BCUT2D eigenvalue weighted by Crippen LogP contribution is 2.37. The molecule has 0 fully saturated rings. The fourth-order valence-electron chi connectivity index (χ4n) is 3.69. The smallest absolute Gasteiger partial charge is 0.260 e. The maximum Gasteiger partial charge on any atom is 0.260 e. The van der Waals surface area contributed by atoms with E-state index in [4.69, 9.17) is 14.2 Å². The number of benzene rings is 2. The molecule has 1 amide bonds. The Balaban J connectivity index is 1.40. The second kappa shape index (κ2) is 10.9. The lowest BCUT2D eigenvalue weighted by Gasteiger charge is -2.30. The van der Waals surface area contributed by atoms with Crippen LogP contribution in [0.15, 0.2) is 42.5 Å². The van der Waals surface area contributed by atoms with E-state index in [-0.39, 0.29) is 12.6 Å². The van der Waals surface area contributed by atoms with Gasteiger partial charge in [-0.25, -0.2) is 0 Å². The van der Waals surface area contributed by atoms with Gasteiger partial charge in [0.1, 0.15) is 5.75 Å². The molecule has 0 saturated heterocycles. The predicted octanol–water partition coefficient (Wildman–Crippen LogP) is 3.84. The standard InChI is InChI=1S/C24H32N2O4/c1-25(13-8-7-12-19-10-5-4-6-11-19)14-9-15-26-18-30-21-17-23(29-3)22(28-2)16-20(21)24(26)27/h4-6,10-11,16-17H,7-9,12-15,18H2,1-3H3. The number of ether oxygens (including phenoxy) is 3. The van der Waals surface area contributed by atoms with Gasteiger partial charge < -0.3 is 24.0 Å². The Morgan fingerprint density at radius 2 is 1.70 bits per heavy atom. The number of carbonyl (C=O) groups excluding carboxylic acids is 1. The van der Waals surface area contributed by atoms with Crippen molar-refractivity contribution in [3.8, 4) is 17.2 Å². The molecule has 30 heavy (non-hydrogen) atoms. The number of unbranched alkanes of at least 4 members (excludes halogenated alkanes) is 1. The van der Waals surface area contributed by atoms with Crippen LogP contribution in [0.4, 0.5) is 0 Å². The van der Waals surface area contributed by atoms with E-state index in [0.29, 0.717) is 29.4 Å². The number of hydrogen-bond donors (Lipinski definition) is 0. The summed E-state index contributed by atoms with van der Waals surface area (Å²) in [6, 6.07) is 14.0.